The van der Waals surface area contributed by atoms with E-state index in [0.29, 0.717) is 25.7 Å². The molecule has 0 aliphatic heterocycles. The third-order valence-corrected chi connectivity index (χ3v) is 2.08. The zero-order valence-corrected chi connectivity index (χ0v) is 6.08. The Balaban J connectivity index is 2.15. The summed E-state index contributed by atoms with van der Waals surface area (Å²) in [6.07, 6.45) is 2.78. The smallest absolute Gasteiger partial charge is 0.0678 e. The Hall–Kier alpha value is -0.120. The number of nitrogens with two attached hydrogens (primary N) is 1. The average molecular weight is 145 g/mol. The normalized spacial score (nSPS) is 39.3. The van der Waals surface area contributed by atoms with Crippen molar-refractivity contribution in [1.82, 2.24) is 0 Å². The summed E-state index contributed by atoms with van der Waals surface area (Å²) in [5, 5.41) is 18.0. The largest absolute Gasteiger partial charge is 0.396 e. The lowest BCUT2D eigenvalue weighted by atomic mass is 9.73. The summed E-state index contributed by atoms with van der Waals surface area (Å²) in [5.41, 5.74) is 4.96. The molecule has 0 amide bonds. The molecule has 0 spiro atoms. The van der Waals surface area contributed by atoms with Crippen molar-refractivity contribution in [3.8, 4) is 0 Å². The van der Waals surface area contributed by atoms with Gasteiger partial charge >= 0.3 is 0 Å². The summed E-state index contributed by atoms with van der Waals surface area (Å²) >= 11 is 0. The van der Waals surface area contributed by atoms with Crippen LogP contribution in [0.2, 0.25) is 0 Å². The maximum atomic E-state index is 9.52. The minimum atomic E-state index is -0.540. The summed E-state index contributed by atoms with van der Waals surface area (Å²) in [6, 6.07) is 0.184. The summed E-state index contributed by atoms with van der Waals surface area (Å²) in [5.74, 6) is 0. The molecule has 4 N–H and O–H groups in total. The molecule has 0 saturated heterocycles. The van der Waals surface area contributed by atoms with E-state index < -0.39 is 5.60 Å². The van der Waals surface area contributed by atoms with E-state index in [2.05, 4.69) is 0 Å². The van der Waals surface area contributed by atoms with Crippen LogP contribution >= 0.6 is 0 Å². The van der Waals surface area contributed by atoms with Gasteiger partial charge in [0.25, 0.3) is 0 Å². The van der Waals surface area contributed by atoms with Gasteiger partial charge in [0.2, 0.25) is 0 Å². The predicted molar refractivity (Wildman–Crippen MR) is 38.5 cm³/mol. The fourth-order valence-electron chi connectivity index (χ4n) is 1.53. The van der Waals surface area contributed by atoms with Gasteiger partial charge in [0.15, 0.2) is 0 Å². The van der Waals surface area contributed by atoms with E-state index in [1.165, 1.54) is 0 Å². The average Bonchev–Trinajstić information content (AvgIpc) is 1.81. The number of hydrogen-bond acceptors (Lipinski definition) is 3. The van der Waals surface area contributed by atoms with Crippen molar-refractivity contribution in [3.63, 3.8) is 0 Å². The molecule has 3 heteroatoms. The SMILES string of the molecule is NC1CC(O)(CCCO)C1. The molecule has 1 saturated carbocycles. The Labute approximate surface area is 60.9 Å². The van der Waals surface area contributed by atoms with E-state index >= 15 is 0 Å². The van der Waals surface area contributed by atoms with Gasteiger partial charge in [-0.05, 0) is 25.7 Å². The lowest BCUT2D eigenvalue weighted by Crippen LogP contribution is -2.51. The molecule has 0 atom stereocenters. The predicted octanol–water partition coefficient (Wildman–Crippen LogP) is -0.389. The van der Waals surface area contributed by atoms with Crippen LogP contribution in [0.15, 0.2) is 0 Å². The van der Waals surface area contributed by atoms with Gasteiger partial charge in [0.1, 0.15) is 0 Å². The van der Waals surface area contributed by atoms with E-state index in [1.54, 1.807) is 0 Å². The van der Waals surface area contributed by atoms with Crippen LogP contribution in [0, 0.1) is 0 Å². The summed E-state index contributed by atoms with van der Waals surface area (Å²) in [6.45, 7) is 0.164. The van der Waals surface area contributed by atoms with Crippen LogP contribution in [-0.2, 0) is 0 Å². The Morgan fingerprint density at radius 3 is 2.50 bits per heavy atom. The molecule has 0 aromatic carbocycles. The summed E-state index contributed by atoms with van der Waals surface area (Å²) < 4.78 is 0. The molecular weight excluding hydrogens is 130 g/mol. The van der Waals surface area contributed by atoms with Gasteiger partial charge in [0, 0.05) is 12.6 Å². The van der Waals surface area contributed by atoms with Crippen LogP contribution in [0.5, 0.6) is 0 Å². The molecule has 0 aromatic heterocycles. The highest BCUT2D eigenvalue weighted by Gasteiger charge is 2.39. The van der Waals surface area contributed by atoms with Crippen LogP contribution in [0.3, 0.4) is 0 Å². The summed E-state index contributed by atoms with van der Waals surface area (Å²) in [7, 11) is 0. The highest BCUT2D eigenvalue weighted by Crippen LogP contribution is 2.34. The van der Waals surface area contributed by atoms with Crippen molar-refractivity contribution < 1.29 is 10.2 Å². The minimum absolute atomic E-state index is 0.164. The van der Waals surface area contributed by atoms with Crippen molar-refractivity contribution >= 4 is 0 Å². The molecule has 3 nitrogen and oxygen atoms in total. The second kappa shape index (κ2) is 2.86. The number of hydrogen-bond donors (Lipinski definition) is 3. The third-order valence-electron chi connectivity index (χ3n) is 2.08. The highest BCUT2D eigenvalue weighted by atomic mass is 16.3. The molecule has 0 aromatic rings. The van der Waals surface area contributed by atoms with Crippen molar-refractivity contribution in [2.75, 3.05) is 6.61 Å². The zero-order chi connectivity index (χ0) is 7.61. The molecule has 0 heterocycles. The molecule has 1 fully saturated rings. The Morgan fingerprint density at radius 2 is 2.10 bits per heavy atom. The topological polar surface area (TPSA) is 66.5 Å². The van der Waals surface area contributed by atoms with Gasteiger partial charge in [-0.25, -0.2) is 0 Å². The molecule has 0 bridgehead atoms. The maximum Gasteiger partial charge on any atom is 0.0678 e. The van der Waals surface area contributed by atoms with Crippen LogP contribution < -0.4 is 5.73 Å². The van der Waals surface area contributed by atoms with E-state index in [-0.39, 0.29) is 12.6 Å². The van der Waals surface area contributed by atoms with E-state index in [0.717, 1.165) is 0 Å². The third kappa shape index (κ3) is 1.68. The maximum absolute atomic E-state index is 9.52. The van der Waals surface area contributed by atoms with Crippen molar-refractivity contribution in [2.24, 2.45) is 5.73 Å². The first-order valence-electron chi connectivity index (χ1n) is 3.75. The first kappa shape index (κ1) is 7.98. The zero-order valence-electron chi connectivity index (χ0n) is 6.08. The van der Waals surface area contributed by atoms with Gasteiger partial charge in [-0.2, -0.15) is 0 Å². The molecule has 1 rings (SSSR count). The molecule has 10 heavy (non-hydrogen) atoms. The van der Waals surface area contributed by atoms with Gasteiger partial charge in [-0.15, -0.1) is 0 Å². The second-order valence-electron chi connectivity index (χ2n) is 3.22. The number of aliphatic hydroxyl groups is 2. The van der Waals surface area contributed by atoms with Gasteiger partial charge in [-0.1, -0.05) is 0 Å². The van der Waals surface area contributed by atoms with Crippen LogP contribution in [-0.4, -0.2) is 28.5 Å². The monoisotopic (exact) mass is 145 g/mol. The molecule has 1 aliphatic rings. The molecule has 0 radical (unpaired) electrons. The van der Waals surface area contributed by atoms with Crippen molar-refractivity contribution in [1.29, 1.82) is 0 Å². The second-order valence-corrected chi connectivity index (χ2v) is 3.22. The van der Waals surface area contributed by atoms with Crippen molar-refractivity contribution in [2.45, 2.75) is 37.3 Å². The lowest BCUT2D eigenvalue weighted by Gasteiger charge is -2.41. The lowest BCUT2D eigenvalue weighted by molar-refractivity contribution is -0.0566. The first-order chi connectivity index (χ1) is 4.66. The molecular formula is C7H15NO2. The number of aliphatic hydroxyl groups excluding tert-OH is 1. The van der Waals surface area contributed by atoms with Crippen molar-refractivity contribution in [3.05, 3.63) is 0 Å². The highest BCUT2D eigenvalue weighted by molar-refractivity contribution is 4.96. The van der Waals surface area contributed by atoms with E-state index in [9.17, 15) is 5.11 Å². The Kier molecular flexibility index (Phi) is 2.28. The van der Waals surface area contributed by atoms with Gasteiger partial charge in [0.05, 0.1) is 5.60 Å². The standard InChI is InChI=1S/C7H15NO2/c8-6-4-7(10,5-6)2-1-3-9/h6,9-10H,1-5,8H2. The van der Waals surface area contributed by atoms with Crippen LogP contribution in [0.4, 0.5) is 0 Å². The van der Waals surface area contributed by atoms with Gasteiger partial charge in [-0.3, -0.25) is 0 Å². The Morgan fingerprint density at radius 1 is 1.50 bits per heavy atom. The quantitative estimate of drug-likeness (QED) is 0.506. The molecule has 60 valence electrons. The van der Waals surface area contributed by atoms with E-state index in [1.807, 2.05) is 0 Å². The molecule has 0 unspecified atom stereocenters. The first-order valence-corrected chi connectivity index (χ1v) is 3.75. The number of rotatable bonds is 3. The van der Waals surface area contributed by atoms with E-state index in [4.69, 9.17) is 10.8 Å². The Bertz CT molecular complexity index is 110. The summed E-state index contributed by atoms with van der Waals surface area (Å²) in [4.78, 5) is 0. The fraction of sp³-hybridized carbons (Fsp3) is 1.00. The fourth-order valence-corrected chi connectivity index (χ4v) is 1.53. The van der Waals surface area contributed by atoms with Crippen LogP contribution in [0.1, 0.15) is 25.7 Å². The molecule has 1 aliphatic carbocycles. The van der Waals surface area contributed by atoms with Gasteiger partial charge < -0.3 is 15.9 Å². The minimum Gasteiger partial charge on any atom is -0.396 e. The van der Waals surface area contributed by atoms with Crippen LogP contribution in [0.25, 0.3) is 0 Å².